The predicted molar refractivity (Wildman–Crippen MR) is 87.7 cm³/mol. The van der Waals surface area contributed by atoms with Gasteiger partial charge in [0.1, 0.15) is 0 Å². The fourth-order valence-electron chi connectivity index (χ4n) is 2.67. The van der Waals surface area contributed by atoms with Gasteiger partial charge in [0, 0.05) is 39.8 Å². The minimum atomic E-state index is 0.612. The largest absolute Gasteiger partial charge is 0.379 e. The van der Waals surface area contributed by atoms with E-state index in [9.17, 15) is 0 Å². The van der Waals surface area contributed by atoms with Crippen molar-refractivity contribution < 1.29 is 4.74 Å². The van der Waals surface area contributed by atoms with E-state index in [2.05, 4.69) is 41.3 Å². The summed E-state index contributed by atoms with van der Waals surface area (Å²) < 4.78 is 5.70. The lowest BCUT2D eigenvalue weighted by molar-refractivity contribution is 0.115. The van der Waals surface area contributed by atoms with Gasteiger partial charge in [0.25, 0.3) is 0 Å². The first-order valence-electron chi connectivity index (χ1n) is 8.27. The van der Waals surface area contributed by atoms with Gasteiger partial charge in [-0.25, -0.2) is 0 Å². The summed E-state index contributed by atoms with van der Waals surface area (Å²) in [5.74, 6) is 2.67. The van der Waals surface area contributed by atoms with Crippen molar-refractivity contribution >= 4 is 5.96 Å². The molecule has 0 heterocycles. The SMILES string of the molecule is CN=C(NCC(C1CC1)N(C)C)N(C)CCOCC1CC1. The predicted octanol–water partition coefficient (Wildman–Crippen LogP) is 1.26. The molecule has 0 radical (unpaired) electrons. The first-order valence-corrected chi connectivity index (χ1v) is 8.27. The summed E-state index contributed by atoms with van der Waals surface area (Å²) in [6.45, 7) is 3.58. The van der Waals surface area contributed by atoms with Gasteiger partial charge in [-0.1, -0.05) is 0 Å². The Morgan fingerprint density at radius 1 is 1.24 bits per heavy atom. The van der Waals surface area contributed by atoms with Crippen LogP contribution in [0, 0.1) is 11.8 Å². The summed E-state index contributed by atoms with van der Waals surface area (Å²) in [7, 11) is 8.27. The van der Waals surface area contributed by atoms with Crippen molar-refractivity contribution in [2.24, 2.45) is 16.8 Å². The maximum atomic E-state index is 5.70. The summed E-state index contributed by atoms with van der Waals surface area (Å²) in [6, 6.07) is 0.612. The van der Waals surface area contributed by atoms with E-state index in [1.165, 1.54) is 25.7 Å². The second kappa shape index (κ2) is 7.99. The highest BCUT2D eigenvalue weighted by Crippen LogP contribution is 2.34. The Hall–Kier alpha value is -0.810. The van der Waals surface area contributed by atoms with Crippen molar-refractivity contribution in [2.75, 3.05) is 54.5 Å². The minimum Gasteiger partial charge on any atom is -0.379 e. The molecular weight excluding hydrogens is 264 g/mol. The van der Waals surface area contributed by atoms with Crippen LogP contribution in [0.1, 0.15) is 25.7 Å². The third-order valence-corrected chi connectivity index (χ3v) is 4.49. The van der Waals surface area contributed by atoms with E-state index >= 15 is 0 Å². The molecule has 0 saturated heterocycles. The van der Waals surface area contributed by atoms with Crippen LogP contribution in [0.4, 0.5) is 0 Å². The molecule has 21 heavy (non-hydrogen) atoms. The molecule has 1 N–H and O–H groups in total. The van der Waals surface area contributed by atoms with Gasteiger partial charge in [0.05, 0.1) is 6.61 Å². The number of guanidine groups is 1. The van der Waals surface area contributed by atoms with Crippen molar-refractivity contribution in [3.8, 4) is 0 Å². The molecule has 0 aromatic heterocycles. The Morgan fingerprint density at radius 3 is 2.48 bits per heavy atom. The molecule has 2 fully saturated rings. The molecule has 5 nitrogen and oxygen atoms in total. The van der Waals surface area contributed by atoms with Crippen LogP contribution >= 0.6 is 0 Å². The summed E-state index contributed by atoms with van der Waals surface area (Å²) in [6.07, 6.45) is 5.44. The highest BCUT2D eigenvalue weighted by Gasteiger charge is 2.32. The van der Waals surface area contributed by atoms with Crippen molar-refractivity contribution in [3.63, 3.8) is 0 Å². The van der Waals surface area contributed by atoms with Gasteiger partial charge < -0.3 is 19.9 Å². The third-order valence-electron chi connectivity index (χ3n) is 4.49. The van der Waals surface area contributed by atoms with Gasteiger partial charge in [-0.15, -0.1) is 0 Å². The minimum absolute atomic E-state index is 0.612. The monoisotopic (exact) mass is 296 g/mol. The van der Waals surface area contributed by atoms with E-state index < -0.39 is 0 Å². The highest BCUT2D eigenvalue weighted by molar-refractivity contribution is 5.79. The molecule has 0 spiro atoms. The zero-order chi connectivity index (χ0) is 15.2. The first kappa shape index (κ1) is 16.6. The summed E-state index contributed by atoms with van der Waals surface area (Å²) in [4.78, 5) is 8.87. The molecule has 2 rings (SSSR count). The second-order valence-electron chi connectivity index (χ2n) is 6.74. The topological polar surface area (TPSA) is 40.1 Å². The molecule has 0 aromatic carbocycles. The standard InChI is InChI=1S/C16H32N4O/c1-17-16(18-11-15(19(2)3)14-7-8-14)20(4)9-10-21-12-13-5-6-13/h13-15H,5-12H2,1-4H3,(H,17,18). The fourth-order valence-corrected chi connectivity index (χ4v) is 2.67. The third kappa shape index (κ3) is 5.83. The molecule has 2 aliphatic rings. The summed E-state index contributed by atoms with van der Waals surface area (Å²) in [5, 5.41) is 3.51. The maximum absolute atomic E-state index is 5.70. The highest BCUT2D eigenvalue weighted by atomic mass is 16.5. The van der Waals surface area contributed by atoms with Gasteiger partial charge in [-0.05, 0) is 51.6 Å². The van der Waals surface area contributed by atoms with Crippen molar-refractivity contribution in [1.82, 2.24) is 15.1 Å². The zero-order valence-corrected chi connectivity index (χ0v) is 14.1. The van der Waals surface area contributed by atoms with E-state index in [1.54, 1.807) is 0 Å². The number of rotatable bonds is 9. The Labute approximate surface area is 129 Å². The molecular formula is C16H32N4O. The van der Waals surface area contributed by atoms with E-state index in [1.807, 2.05) is 7.05 Å². The van der Waals surface area contributed by atoms with E-state index in [0.29, 0.717) is 6.04 Å². The number of aliphatic imine (C=N–C) groups is 1. The molecule has 2 saturated carbocycles. The normalized spacial score (nSPS) is 20.7. The average Bonchev–Trinajstić information content (AvgIpc) is 3.33. The number of nitrogens with zero attached hydrogens (tertiary/aromatic N) is 3. The van der Waals surface area contributed by atoms with Crippen molar-refractivity contribution in [1.29, 1.82) is 0 Å². The van der Waals surface area contributed by atoms with Crippen LogP contribution in [-0.4, -0.2) is 76.3 Å². The molecule has 0 bridgehead atoms. The van der Waals surface area contributed by atoms with E-state index in [0.717, 1.165) is 44.1 Å². The van der Waals surface area contributed by atoms with Crippen molar-refractivity contribution in [2.45, 2.75) is 31.7 Å². The fraction of sp³-hybridized carbons (Fsp3) is 0.938. The number of hydrogen-bond donors (Lipinski definition) is 1. The molecule has 0 amide bonds. The second-order valence-corrected chi connectivity index (χ2v) is 6.74. The Morgan fingerprint density at radius 2 is 1.95 bits per heavy atom. The van der Waals surface area contributed by atoms with Gasteiger partial charge in [0.15, 0.2) is 5.96 Å². The van der Waals surface area contributed by atoms with Gasteiger partial charge in [-0.2, -0.15) is 0 Å². The molecule has 1 atom stereocenters. The maximum Gasteiger partial charge on any atom is 0.193 e. The number of ether oxygens (including phenoxy) is 1. The van der Waals surface area contributed by atoms with Crippen molar-refractivity contribution in [3.05, 3.63) is 0 Å². The Bertz CT molecular complexity index is 335. The van der Waals surface area contributed by atoms with Crippen LogP contribution < -0.4 is 5.32 Å². The van der Waals surface area contributed by atoms with Crippen LogP contribution in [0.3, 0.4) is 0 Å². The number of likely N-dealkylation sites (N-methyl/N-ethyl adjacent to an activating group) is 2. The van der Waals surface area contributed by atoms with Crippen LogP contribution in [0.5, 0.6) is 0 Å². The van der Waals surface area contributed by atoms with E-state index in [-0.39, 0.29) is 0 Å². The lowest BCUT2D eigenvalue weighted by Gasteiger charge is -2.28. The summed E-state index contributed by atoms with van der Waals surface area (Å²) in [5.41, 5.74) is 0. The molecule has 122 valence electrons. The smallest absolute Gasteiger partial charge is 0.193 e. The van der Waals surface area contributed by atoms with Crippen LogP contribution in [0.2, 0.25) is 0 Å². The van der Waals surface area contributed by atoms with E-state index in [4.69, 9.17) is 4.74 Å². The Kier molecular flexibility index (Phi) is 6.30. The quantitative estimate of drug-likeness (QED) is 0.395. The van der Waals surface area contributed by atoms with Gasteiger partial charge in [0.2, 0.25) is 0 Å². The van der Waals surface area contributed by atoms with Crippen LogP contribution in [0.15, 0.2) is 4.99 Å². The molecule has 2 aliphatic carbocycles. The molecule has 1 unspecified atom stereocenters. The van der Waals surface area contributed by atoms with Gasteiger partial charge >= 0.3 is 0 Å². The average molecular weight is 296 g/mol. The van der Waals surface area contributed by atoms with Crippen LogP contribution in [-0.2, 0) is 4.74 Å². The summed E-state index contributed by atoms with van der Waals surface area (Å²) >= 11 is 0. The number of hydrogen-bond acceptors (Lipinski definition) is 3. The van der Waals surface area contributed by atoms with Crippen LogP contribution in [0.25, 0.3) is 0 Å². The lowest BCUT2D eigenvalue weighted by atomic mass is 10.1. The number of nitrogens with one attached hydrogen (secondary N) is 1. The molecule has 5 heteroatoms. The first-order chi connectivity index (χ1) is 10.1. The zero-order valence-electron chi connectivity index (χ0n) is 14.1. The Balaban J connectivity index is 1.65. The lowest BCUT2D eigenvalue weighted by Crippen LogP contribution is -2.47. The molecule has 0 aromatic rings. The molecule has 0 aliphatic heterocycles. The van der Waals surface area contributed by atoms with Gasteiger partial charge in [-0.3, -0.25) is 4.99 Å².